The van der Waals surface area contributed by atoms with Crippen LogP contribution in [0.4, 0.5) is 8.78 Å². The van der Waals surface area contributed by atoms with Crippen LogP contribution < -0.4 is 5.19 Å². The number of hydrogen-bond donors (Lipinski definition) is 0. The predicted octanol–water partition coefficient (Wildman–Crippen LogP) is 10.1. The van der Waals surface area contributed by atoms with Crippen LogP contribution in [0.25, 0.3) is 44.5 Å². The molecule has 47 heavy (non-hydrogen) atoms. The largest absolute Gasteiger partial charge is 0.500 e. The van der Waals surface area contributed by atoms with E-state index < -0.39 is 8.07 Å². The normalized spacial score (nSPS) is 11.6. The molecule has 0 saturated carbocycles. The van der Waals surface area contributed by atoms with Gasteiger partial charge in [0, 0.05) is 55.2 Å². The molecule has 0 unspecified atom stereocenters. The molecule has 7 heteroatoms. The second-order valence-electron chi connectivity index (χ2n) is 12.9. The van der Waals surface area contributed by atoms with Gasteiger partial charge in [0.1, 0.15) is 11.4 Å². The van der Waals surface area contributed by atoms with Gasteiger partial charge >= 0.3 is 0 Å². The van der Waals surface area contributed by atoms with Crippen LogP contribution in [0.1, 0.15) is 25.0 Å². The minimum Gasteiger partial charge on any atom is -0.500 e. The van der Waals surface area contributed by atoms with Gasteiger partial charge in [-0.2, -0.15) is 0 Å². The van der Waals surface area contributed by atoms with Crippen LogP contribution in [0.2, 0.25) is 19.6 Å². The topological polar surface area (TPSA) is 38.9 Å². The van der Waals surface area contributed by atoms with Crippen molar-refractivity contribution in [2.45, 2.75) is 38.9 Å². The number of halogens is 2. The molecule has 3 aromatic heterocycles. The Hall–Kier alpha value is -4.29. The molecule has 0 saturated heterocycles. The molecule has 3 nitrogen and oxygen atoms in total. The zero-order valence-corrected chi connectivity index (χ0v) is 30.3. The van der Waals surface area contributed by atoms with Gasteiger partial charge in [0.25, 0.3) is 0 Å². The third-order valence-corrected chi connectivity index (χ3v) is 10.3. The van der Waals surface area contributed by atoms with E-state index in [2.05, 4.69) is 98.1 Å². The van der Waals surface area contributed by atoms with Crippen LogP contribution in [0.5, 0.6) is 0 Å². The summed E-state index contributed by atoms with van der Waals surface area (Å²) in [6.45, 7) is 11.3. The number of furan rings is 1. The van der Waals surface area contributed by atoms with Crippen molar-refractivity contribution in [1.29, 1.82) is 0 Å². The van der Waals surface area contributed by atoms with Crippen molar-refractivity contribution in [3.05, 3.63) is 150 Å². The Morgan fingerprint density at radius 1 is 0.660 bits per heavy atom. The van der Waals surface area contributed by atoms with Crippen molar-refractivity contribution < 1.29 is 33.3 Å². The van der Waals surface area contributed by atoms with Crippen molar-refractivity contribution in [2.75, 3.05) is 0 Å². The fourth-order valence-electron chi connectivity index (χ4n) is 5.39. The Kier molecular flexibility index (Phi) is 10.0. The van der Waals surface area contributed by atoms with E-state index >= 15 is 0 Å². The van der Waals surface area contributed by atoms with Crippen LogP contribution in [0, 0.1) is 23.8 Å². The first-order valence-corrected chi connectivity index (χ1v) is 18.7. The number of aromatic nitrogens is 2. The van der Waals surface area contributed by atoms with E-state index in [1.165, 1.54) is 40.6 Å². The molecule has 0 amide bonds. The van der Waals surface area contributed by atoms with Gasteiger partial charge in [0.05, 0.1) is 13.7 Å². The number of rotatable bonds is 5. The van der Waals surface area contributed by atoms with E-state index in [-0.39, 0.29) is 37.2 Å². The summed E-state index contributed by atoms with van der Waals surface area (Å²) >= 11 is 0. The fraction of sp³-hybridized carbons (Fsp3) is 0.150. The maximum Gasteiger partial charge on any atom is 0.126 e. The molecule has 0 fully saturated rings. The Labute approximate surface area is 289 Å². The van der Waals surface area contributed by atoms with E-state index in [0.717, 1.165) is 33.3 Å². The third-order valence-electron chi connectivity index (χ3n) is 8.30. The van der Waals surface area contributed by atoms with Crippen molar-refractivity contribution in [3.63, 3.8) is 0 Å². The predicted molar refractivity (Wildman–Crippen MR) is 186 cm³/mol. The van der Waals surface area contributed by atoms with Crippen molar-refractivity contribution >= 4 is 35.2 Å². The first-order chi connectivity index (χ1) is 22.0. The van der Waals surface area contributed by atoms with Crippen LogP contribution in [0.3, 0.4) is 0 Å². The molecule has 0 spiro atoms. The van der Waals surface area contributed by atoms with Gasteiger partial charge in [-0.1, -0.05) is 87.4 Å². The average molecular weight is 817 g/mol. The zero-order chi connectivity index (χ0) is 32.5. The van der Waals surface area contributed by atoms with E-state index in [0.29, 0.717) is 11.2 Å². The molecule has 3 heterocycles. The first-order valence-electron chi connectivity index (χ1n) is 15.2. The Bertz CT molecular complexity index is 2120. The smallest absolute Gasteiger partial charge is 0.126 e. The molecule has 7 rings (SSSR count). The molecule has 239 valence electrons. The molecule has 0 aliphatic rings. The summed E-state index contributed by atoms with van der Waals surface area (Å²) in [7, 11) is -1.30. The number of benzene rings is 4. The molecule has 4 aromatic carbocycles. The van der Waals surface area contributed by atoms with E-state index in [4.69, 9.17) is 4.42 Å². The summed E-state index contributed by atoms with van der Waals surface area (Å²) < 4.78 is 32.1. The van der Waals surface area contributed by atoms with E-state index in [1.807, 2.05) is 30.6 Å². The summed E-state index contributed by atoms with van der Waals surface area (Å²) in [5.41, 5.74) is 6.91. The summed E-state index contributed by atoms with van der Waals surface area (Å²) in [6.07, 6.45) is 3.77. The summed E-state index contributed by atoms with van der Waals surface area (Å²) in [4.78, 5) is 9.01. The van der Waals surface area contributed by atoms with Crippen LogP contribution in [0.15, 0.2) is 120 Å². The van der Waals surface area contributed by atoms with Crippen molar-refractivity contribution in [2.24, 2.45) is 0 Å². The van der Waals surface area contributed by atoms with E-state index in [1.54, 1.807) is 18.2 Å². The van der Waals surface area contributed by atoms with Gasteiger partial charge in [-0.25, -0.2) is 4.39 Å². The minimum absolute atomic E-state index is 0. The summed E-state index contributed by atoms with van der Waals surface area (Å²) in [5, 5.41) is 3.14. The zero-order valence-electron chi connectivity index (χ0n) is 26.9. The molecule has 0 atom stereocenters. The van der Waals surface area contributed by atoms with Gasteiger partial charge in [0.15, 0.2) is 0 Å². The van der Waals surface area contributed by atoms with Crippen LogP contribution in [-0.4, -0.2) is 18.0 Å². The average Bonchev–Trinajstić information content (AvgIpc) is 3.42. The maximum absolute atomic E-state index is 13.5. The molecule has 0 N–H and O–H groups in total. The molecule has 0 bridgehead atoms. The fourth-order valence-corrected chi connectivity index (χ4v) is 6.43. The van der Waals surface area contributed by atoms with Gasteiger partial charge in [0.2, 0.25) is 0 Å². The van der Waals surface area contributed by atoms with Gasteiger partial charge in [-0.15, -0.1) is 53.6 Å². The molecule has 7 aromatic rings. The SMILES string of the molecule is CC(C)(c1ccccc1)c1ccnc(-c2[c-]cc3oc4cc(F)ccc4c3c2)c1.C[Si](C)(C)c1ccc(-c2[c-]cc(F)cc2)nc1.[Ir]. The van der Waals surface area contributed by atoms with Gasteiger partial charge in [-0.05, 0) is 45.9 Å². The van der Waals surface area contributed by atoms with Crippen LogP contribution in [-0.2, 0) is 25.5 Å². The number of pyridine rings is 2. The second kappa shape index (κ2) is 13.8. The van der Waals surface area contributed by atoms with Crippen molar-refractivity contribution in [3.8, 4) is 22.5 Å². The van der Waals surface area contributed by atoms with Gasteiger partial charge < -0.3 is 14.4 Å². The van der Waals surface area contributed by atoms with Gasteiger partial charge in [-0.3, -0.25) is 4.39 Å². The molecule has 0 aliphatic heterocycles. The number of nitrogens with zero attached hydrogens (tertiary/aromatic N) is 2. The third kappa shape index (κ3) is 7.49. The number of hydrogen-bond acceptors (Lipinski definition) is 3. The summed E-state index contributed by atoms with van der Waals surface area (Å²) in [5.74, 6) is -0.578. The Morgan fingerprint density at radius 3 is 2.09 bits per heavy atom. The van der Waals surface area contributed by atoms with E-state index in [9.17, 15) is 8.78 Å². The quantitative estimate of drug-likeness (QED) is 0.128. The Balaban J connectivity index is 0.000000207. The number of fused-ring (bicyclic) bond motifs is 3. The molecular formula is C40H34F2IrN2OSi-2. The first kappa shape index (κ1) is 34.1. The minimum atomic E-state index is -1.30. The molecule has 0 aliphatic carbocycles. The van der Waals surface area contributed by atoms with Crippen LogP contribution >= 0.6 is 0 Å². The van der Waals surface area contributed by atoms with Crippen molar-refractivity contribution in [1.82, 2.24) is 9.97 Å². The Morgan fingerprint density at radius 2 is 1.40 bits per heavy atom. The molecule has 1 radical (unpaired) electrons. The standard InChI is InChI=1S/C26H19FNO.C14H15FNSi.Ir/c1-26(2,18-6-4-3-5-7-18)19-12-13-28-23(15-19)17-8-11-24-22(14-17)21-10-9-20(27)16-25(21)29-24;1-17(2,3)13-8-9-14(16-10-13)11-4-6-12(15)7-5-11;/h3-7,9-16H,1-2H3;4,6-10H,1-3H3;/q2*-1;. The molecular weight excluding hydrogens is 783 g/mol. The summed E-state index contributed by atoms with van der Waals surface area (Å²) in [6, 6.07) is 37.8. The second-order valence-corrected chi connectivity index (χ2v) is 18.0. The monoisotopic (exact) mass is 817 g/mol. The maximum atomic E-state index is 13.5.